The average molecular weight is 262 g/mol. The molecule has 2 aromatic carbocycles. The summed E-state index contributed by atoms with van der Waals surface area (Å²) >= 11 is 0. The molecule has 0 atom stereocenters. The minimum Gasteiger partial charge on any atom is -0.258 e. The second-order valence-electron chi connectivity index (χ2n) is 3.49. The van der Waals surface area contributed by atoms with Crippen molar-refractivity contribution in [1.29, 1.82) is 0 Å². The van der Waals surface area contributed by atoms with Crippen LogP contribution in [0.3, 0.4) is 0 Å². The van der Waals surface area contributed by atoms with Crippen LogP contribution in [-0.2, 0) is 0 Å². The van der Waals surface area contributed by atoms with Crippen LogP contribution in [0, 0.1) is 36.4 Å². The van der Waals surface area contributed by atoms with Gasteiger partial charge in [-0.15, -0.1) is 0 Å². The summed E-state index contributed by atoms with van der Waals surface area (Å²) in [5.74, 6) is 0. The SMILES string of the molecule is O=[N+]([O-])c1c[c]c2cccc([N+](=O)[O-])c2c1[N+](=O)[O-]. The van der Waals surface area contributed by atoms with E-state index in [1.54, 1.807) is 0 Å². The van der Waals surface area contributed by atoms with E-state index >= 15 is 0 Å². The van der Waals surface area contributed by atoms with Crippen LogP contribution in [0.4, 0.5) is 17.1 Å². The number of rotatable bonds is 3. The summed E-state index contributed by atoms with van der Waals surface area (Å²) in [5.41, 5.74) is -2.29. The highest BCUT2D eigenvalue weighted by molar-refractivity contribution is 6.01. The molecule has 2 aromatic rings. The molecule has 0 N–H and O–H groups in total. The molecule has 9 nitrogen and oxygen atoms in total. The van der Waals surface area contributed by atoms with Crippen LogP contribution >= 0.6 is 0 Å². The molecular formula is C10H4N3O6. The van der Waals surface area contributed by atoms with E-state index in [0.29, 0.717) is 0 Å². The summed E-state index contributed by atoms with van der Waals surface area (Å²) < 4.78 is 0. The van der Waals surface area contributed by atoms with E-state index in [9.17, 15) is 30.3 Å². The van der Waals surface area contributed by atoms with Crippen LogP contribution in [-0.4, -0.2) is 14.8 Å². The highest BCUT2D eigenvalue weighted by Gasteiger charge is 2.32. The molecule has 0 aromatic heterocycles. The van der Waals surface area contributed by atoms with E-state index in [2.05, 4.69) is 6.07 Å². The van der Waals surface area contributed by atoms with E-state index < -0.39 is 37.2 Å². The van der Waals surface area contributed by atoms with E-state index in [1.807, 2.05) is 0 Å². The van der Waals surface area contributed by atoms with Crippen molar-refractivity contribution in [2.24, 2.45) is 0 Å². The van der Waals surface area contributed by atoms with Crippen LogP contribution in [0.2, 0.25) is 0 Å². The Labute approximate surface area is 104 Å². The van der Waals surface area contributed by atoms with Gasteiger partial charge in [-0.2, -0.15) is 0 Å². The highest BCUT2D eigenvalue weighted by Crippen LogP contribution is 2.39. The Hall–Kier alpha value is -3.10. The Morgan fingerprint density at radius 2 is 1.53 bits per heavy atom. The summed E-state index contributed by atoms with van der Waals surface area (Å²) in [6.45, 7) is 0. The van der Waals surface area contributed by atoms with Crippen molar-refractivity contribution >= 4 is 27.8 Å². The molecule has 0 saturated carbocycles. The number of hydrogen-bond donors (Lipinski definition) is 0. The zero-order valence-corrected chi connectivity index (χ0v) is 9.10. The van der Waals surface area contributed by atoms with Gasteiger partial charge in [0.15, 0.2) is 0 Å². The number of nitro groups is 3. The number of hydrogen-bond acceptors (Lipinski definition) is 6. The van der Waals surface area contributed by atoms with E-state index in [1.165, 1.54) is 12.1 Å². The van der Waals surface area contributed by atoms with Crippen LogP contribution in [0.5, 0.6) is 0 Å². The van der Waals surface area contributed by atoms with Gasteiger partial charge in [0.25, 0.3) is 5.69 Å². The predicted octanol–water partition coefficient (Wildman–Crippen LogP) is 2.36. The normalized spacial score (nSPS) is 10.3. The molecule has 0 unspecified atom stereocenters. The van der Waals surface area contributed by atoms with Crippen molar-refractivity contribution < 1.29 is 14.8 Å². The molecule has 1 radical (unpaired) electrons. The molecule has 0 aliphatic rings. The lowest BCUT2D eigenvalue weighted by molar-refractivity contribution is -0.422. The van der Waals surface area contributed by atoms with Crippen LogP contribution < -0.4 is 0 Å². The van der Waals surface area contributed by atoms with E-state index in [4.69, 9.17) is 0 Å². The Morgan fingerprint density at radius 3 is 2.05 bits per heavy atom. The third-order valence-electron chi connectivity index (χ3n) is 2.46. The van der Waals surface area contributed by atoms with Crippen LogP contribution in [0.1, 0.15) is 0 Å². The van der Waals surface area contributed by atoms with E-state index in [0.717, 1.165) is 12.1 Å². The fraction of sp³-hybridized carbons (Fsp3) is 0. The minimum atomic E-state index is -0.999. The zero-order chi connectivity index (χ0) is 14.2. The highest BCUT2D eigenvalue weighted by atomic mass is 16.6. The lowest BCUT2D eigenvalue weighted by Crippen LogP contribution is -1.99. The maximum absolute atomic E-state index is 11.0. The number of non-ortho nitro benzene ring substituents is 1. The first-order valence-corrected chi connectivity index (χ1v) is 4.84. The summed E-state index contributed by atoms with van der Waals surface area (Å²) in [7, 11) is 0. The number of benzene rings is 2. The van der Waals surface area contributed by atoms with Gasteiger partial charge in [0, 0.05) is 17.5 Å². The van der Waals surface area contributed by atoms with Gasteiger partial charge >= 0.3 is 11.4 Å². The number of nitrogens with zero attached hydrogens (tertiary/aromatic N) is 3. The van der Waals surface area contributed by atoms with Crippen molar-refractivity contribution in [2.45, 2.75) is 0 Å². The molecule has 0 heterocycles. The molecule has 95 valence electrons. The average Bonchev–Trinajstić information content (AvgIpc) is 2.35. The molecule has 0 amide bonds. The smallest absolute Gasteiger partial charge is 0.258 e. The molecule has 9 heteroatoms. The fourth-order valence-electron chi connectivity index (χ4n) is 1.73. The Bertz CT molecular complexity index is 727. The van der Waals surface area contributed by atoms with Crippen LogP contribution in [0.15, 0.2) is 24.3 Å². The van der Waals surface area contributed by atoms with Crippen molar-refractivity contribution in [3.8, 4) is 0 Å². The maximum atomic E-state index is 11.0. The van der Waals surface area contributed by atoms with Crippen molar-refractivity contribution in [1.82, 2.24) is 0 Å². The van der Waals surface area contributed by atoms with Crippen molar-refractivity contribution in [2.75, 3.05) is 0 Å². The Balaban J connectivity index is 3.02. The third-order valence-corrected chi connectivity index (χ3v) is 2.46. The third kappa shape index (κ3) is 1.92. The summed E-state index contributed by atoms with van der Waals surface area (Å²) in [6, 6.07) is 7.01. The molecule has 0 aliphatic heterocycles. The van der Waals surface area contributed by atoms with Crippen molar-refractivity contribution in [3.63, 3.8) is 0 Å². The molecule has 0 aliphatic carbocycles. The second-order valence-corrected chi connectivity index (χ2v) is 3.49. The van der Waals surface area contributed by atoms with Gasteiger partial charge < -0.3 is 0 Å². The fourth-order valence-corrected chi connectivity index (χ4v) is 1.73. The standard InChI is InChI=1S/C10H4N3O6/c14-11(15)7-3-1-2-6-4-5-8(12(16)17)10(9(6)7)13(18)19/h1-3,5H. The van der Waals surface area contributed by atoms with Crippen molar-refractivity contribution in [3.05, 3.63) is 60.7 Å². The summed E-state index contributed by atoms with van der Waals surface area (Å²) in [4.78, 5) is 29.8. The lowest BCUT2D eigenvalue weighted by Gasteiger charge is -2.01. The molecule has 0 bridgehead atoms. The first kappa shape index (κ1) is 12.4. The first-order chi connectivity index (χ1) is 8.93. The lowest BCUT2D eigenvalue weighted by atomic mass is 10.1. The van der Waals surface area contributed by atoms with Gasteiger partial charge in [0.1, 0.15) is 5.39 Å². The van der Waals surface area contributed by atoms with Gasteiger partial charge in [0.2, 0.25) is 0 Å². The molecule has 2 rings (SSSR count). The maximum Gasteiger partial charge on any atom is 0.360 e. The Kier molecular flexibility index (Phi) is 2.79. The van der Waals surface area contributed by atoms with Gasteiger partial charge in [-0.25, -0.2) is 0 Å². The predicted molar refractivity (Wildman–Crippen MR) is 62.7 cm³/mol. The quantitative estimate of drug-likeness (QED) is 0.616. The molecule has 0 spiro atoms. The minimum absolute atomic E-state index is 0.0755. The molecule has 0 saturated heterocycles. The monoisotopic (exact) mass is 262 g/mol. The topological polar surface area (TPSA) is 129 Å². The first-order valence-electron chi connectivity index (χ1n) is 4.84. The van der Waals surface area contributed by atoms with Crippen LogP contribution in [0.25, 0.3) is 10.8 Å². The zero-order valence-electron chi connectivity index (χ0n) is 9.10. The molecule has 19 heavy (non-hydrogen) atoms. The van der Waals surface area contributed by atoms with Gasteiger partial charge in [-0.05, 0) is 6.07 Å². The number of nitro benzene ring substituents is 3. The summed E-state index contributed by atoms with van der Waals surface area (Å²) in [6.07, 6.45) is 0. The Morgan fingerprint density at radius 1 is 0.895 bits per heavy atom. The largest absolute Gasteiger partial charge is 0.360 e. The molecule has 0 fully saturated rings. The van der Waals surface area contributed by atoms with E-state index in [-0.39, 0.29) is 5.39 Å². The van der Waals surface area contributed by atoms with Gasteiger partial charge in [0.05, 0.1) is 14.8 Å². The summed E-state index contributed by atoms with van der Waals surface area (Å²) in [5, 5.41) is 32.3. The second kappa shape index (κ2) is 4.29. The van der Waals surface area contributed by atoms with Gasteiger partial charge in [-0.1, -0.05) is 12.1 Å². The van der Waals surface area contributed by atoms with Gasteiger partial charge in [-0.3, -0.25) is 30.3 Å². The molecular weight excluding hydrogens is 258 g/mol. The number of fused-ring (bicyclic) bond motifs is 1.